The summed E-state index contributed by atoms with van der Waals surface area (Å²) in [6.45, 7) is 2.01. The van der Waals surface area contributed by atoms with Crippen molar-refractivity contribution < 1.29 is 4.79 Å². The number of hydrogen-bond donors (Lipinski definition) is 1. The van der Waals surface area contributed by atoms with Gasteiger partial charge in [-0.15, -0.1) is 0 Å². The van der Waals surface area contributed by atoms with Crippen LogP contribution in [0.4, 0.5) is 5.69 Å². The molecule has 1 amide bonds. The summed E-state index contributed by atoms with van der Waals surface area (Å²) in [4.78, 5) is 11.9. The van der Waals surface area contributed by atoms with Gasteiger partial charge >= 0.3 is 0 Å². The van der Waals surface area contributed by atoms with E-state index in [-0.39, 0.29) is 5.91 Å². The Labute approximate surface area is 138 Å². The van der Waals surface area contributed by atoms with Crippen LogP contribution in [0.3, 0.4) is 0 Å². The van der Waals surface area contributed by atoms with Crippen molar-refractivity contribution in [2.75, 3.05) is 11.1 Å². The molecule has 0 heterocycles. The van der Waals surface area contributed by atoms with E-state index in [1.54, 1.807) is 11.8 Å². The Morgan fingerprint density at radius 1 is 1.19 bits per heavy atom. The molecule has 110 valence electrons. The predicted octanol–water partition coefficient (Wildman–Crippen LogP) is 5.02. The minimum Gasteiger partial charge on any atom is -0.326 e. The lowest BCUT2D eigenvalue weighted by Crippen LogP contribution is -2.12. The molecule has 0 radical (unpaired) electrons. The molecule has 0 spiro atoms. The third kappa shape index (κ3) is 5.56. The molecule has 2 aromatic carbocycles. The van der Waals surface area contributed by atoms with E-state index in [0.717, 1.165) is 27.2 Å². The lowest BCUT2D eigenvalue weighted by molar-refractivity contribution is -0.115. The van der Waals surface area contributed by atoms with Crippen LogP contribution < -0.4 is 5.32 Å². The zero-order valence-electron chi connectivity index (χ0n) is 11.9. The number of nitrogens with one attached hydrogen (secondary N) is 1. The van der Waals surface area contributed by atoms with Crippen molar-refractivity contribution in [1.82, 2.24) is 0 Å². The highest BCUT2D eigenvalue weighted by Crippen LogP contribution is 2.20. The summed E-state index contributed by atoms with van der Waals surface area (Å²) in [5.74, 6) is 1.85. The number of carbonyl (C=O) groups is 1. The normalized spacial score (nSPS) is 10.4. The number of anilines is 1. The molecule has 4 heteroatoms. The van der Waals surface area contributed by atoms with Crippen LogP contribution in [0.2, 0.25) is 0 Å². The quantitative estimate of drug-likeness (QED) is 0.730. The maximum Gasteiger partial charge on any atom is 0.225 e. The summed E-state index contributed by atoms with van der Waals surface area (Å²) in [5.41, 5.74) is 3.27. The van der Waals surface area contributed by atoms with Crippen molar-refractivity contribution in [2.24, 2.45) is 0 Å². The standard InChI is InChI=1S/C17H18BrNOS/c1-13-11-15(7-8-16(13)18)19-17(20)9-10-21-12-14-5-3-2-4-6-14/h2-8,11H,9-10,12H2,1H3,(H,19,20). The highest BCUT2D eigenvalue weighted by molar-refractivity contribution is 9.10. The Bertz CT molecular complexity index is 601. The Kier molecular flexibility index (Phi) is 6.33. The first-order chi connectivity index (χ1) is 10.1. The number of carbonyl (C=O) groups excluding carboxylic acids is 1. The van der Waals surface area contributed by atoms with Crippen LogP contribution in [-0.4, -0.2) is 11.7 Å². The highest BCUT2D eigenvalue weighted by Gasteiger charge is 2.04. The molecule has 0 unspecified atom stereocenters. The SMILES string of the molecule is Cc1cc(NC(=O)CCSCc2ccccc2)ccc1Br. The Balaban J connectivity index is 1.71. The second-order valence-corrected chi connectivity index (χ2v) is 6.76. The number of thioether (sulfide) groups is 1. The molecule has 0 aliphatic heterocycles. The molecular weight excluding hydrogens is 346 g/mol. The maximum atomic E-state index is 11.9. The van der Waals surface area contributed by atoms with E-state index in [1.807, 2.05) is 43.3 Å². The Morgan fingerprint density at radius 3 is 2.67 bits per heavy atom. The van der Waals surface area contributed by atoms with Gasteiger partial charge in [0.1, 0.15) is 0 Å². The summed E-state index contributed by atoms with van der Waals surface area (Å²) in [7, 11) is 0. The predicted molar refractivity (Wildman–Crippen MR) is 94.7 cm³/mol. The minimum atomic E-state index is 0.0669. The lowest BCUT2D eigenvalue weighted by Gasteiger charge is -2.07. The Morgan fingerprint density at radius 2 is 1.95 bits per heavy atom. The molecule has 0 fully saturated rings. The smallest absolute Gasteiger partial charge is 0.225 e. The molecule has 0 saturated carbocycles. The molecule has 0 aliphatic rings. The number of amides is 1. The van der Waals surface area contributed by atoms with Gasteiger partial charge in [-0.1, -0.05) is 46.3 Å². The van der Waals surface area contributed by atoms with E-state index in [4.69, 9.17) is 0 Å². The van der Waals surface area contributed by atoms with Gasteiger partial charge in [0.05, 0.1) is 0 Å². The van der Waals surface area contributed by atoms with E-state index in [2.05, 4.69) is 33.4 Å². The highest BCUT2D eigenvalue weighted by atomic mass is 79.9. The minimum absolute atomic E-state index is 0.0669. The Hall–Kier alpha value is -1.26. The van der Waals surface area contributed by atoms with Crippen LogP contribution >= 0.6 is 27.7 Å². The molecule has 1 N–H and O–H groups in total. The lowest BCUT2D eigenvalue weighted by atomic mass is 10.2. The van der Waals surface area contributed by atoms with Gasteiger partial charge in [-0.3, -0.25) is 4.79 Å². The van der Waals surface area contributed by atoms with Crippen LogP contribution in [0.15, 0.2) is 53.0 Å². The maximum absolute atomic E-state index is 11.9. The van der Waals surface area contributed by atoms with E-state index >= 15 is 0 Å². The topological polar surface area (TPSA) is 29.1 Å². The van der Waals surface area contributed by atoms with Crippen LogP contribution in [-0.2, 0) is 10.5 Å². The monoisotopic (exact) mass is 363 g/mol. The molecule has 0 saturated heterocycles. The van der Waals surface area contributed by atoms with Gasteiger partial charge < -0.3 is 5.32 Å². The second kappa shape index (κ2) is 8.25. The number of rotatable bonds is 6. The van der Waals surface area contributed by atoms with Crippen molar-refractivity contribution in [1.29, 1.82) is 0 Å². The summed E-state index contributed by atoms with van der Waals surface area (Å²) >= 11 is 5.24. The summed E-state index contributed by atoms with van der Waals surface area (Å²) < 4.78 is 1.05. The number of benzene rings is 2. The van der Waals surface area contributed by atoms with Crippen LogP contribution in [0.25, 0.3) is 0 Å². The van der Waals surface area contributed by atoms with Gasteiger partial charge in [-0.2, -0.15) is 11.8 Å². The van der Waals surface area contributed by atoms with Crippen molar-refractivity contribution in [2.45, 2.75) is 19.1 Å². The second-order valence-electron chi connectivity index (χ2n) is 4.80. The van der Waals surface area contributed by atoms with Gasteiger partial charge in [0.25, 0.3) is 0 Å². The molecule has 2 aromatic rings. The van der Waals surface area contributed by atoms with E-state index < -0.39 is 0 Å². The summed E-state index contributed by atoms with van der Waals surface area (Å²) in [6, 6.07) is 16.1. The fourth-order valence-corrected chi connectivity index (χ4v) is 3.02. The summed E-state index contributed by atoms with van der Waals surface area (Å²) in [6.07, 6.45) is 0.534. The van der Waals surface area contributed by atoms with E-state index in [9.17, 15) is 4.79 Å². The van der Waals surface area contributed by atoms with Gasteiger partial charge in [0.15, 0.2) is 0 Å². The van der Waals surface area contributed by atoms with Gasteiger partial charge in [0.2, 0.25) is 5.91 Å². The molecule has 0 aromatic heterocycles. The van der Waals surface area contributed by atoms with Gasteiger partial charge in [0, 0.05) is 28.1 Å². The molecule has 2 nitrogen and oxygen atoms in total. The van der Waals surface area contributed by atoms with Crippen molar-refractivity contribution in [3.8, 4) is 0 Å². The van der Waals surface area contributed by atoms with Crippen LogP contribution in [0, 0.1) is 6.92 Å². The van der Waals surface area contributed by atoms with E-state index in [0.29, 0.717) is 6.42 Å². The van der Waals surface area contributed by atoms with Crippen molar-refractivity contribution >= 4 is 39.3 Å². The average Bonchev–Trinajstić information content (AvgIpc) is 2.49. The zero-order chi connectivity index (χ0) is 15.1. The number of hydrogen-bond acceptors (Lipinski definition) is 2. The number of halogens is 1. The first-order valence-electron chi connectivity index (χ1n) is 6.83. The zero-order valence-corrected chi connectivity index (χ0v) is 14.3. The van der Waals surface area contributed by atoms with Gasteiger partial charge in [-0.25, -0.2) is 0 Å². The van der Waals surface area contributed by atoms with Gasteiger partial charge in [-0.05, 0) is 36.2 Å². The largest absolute Gasteiger partial charge is 0.326 e. The first-order valence-corrected chi connectivity index (χ1v) is 8.77. The third-order valence-corrected chi connectivity index (χ3v) is 4.95. The van der Waals surface area contributed by atoms with Crippen LogP contribution in [0.1, 0.15) is 17.5 Å². The molecule has 0 atom stereocenters. The molecule has 21 heavy (non-hydrogen) atoms. The fourth-order valence-electron chi connectivity index (χ4n) is 1.88. The fraction of sp³-hybridized carbons (Fsp3) is 0.235. The third-order valence-electron chi connectivity index (χ3n) is 3.03. The number of aryl methyl sites for hydroxylation is 1. The van der Waals surface area contributed by atoms with Crippen LogP contribution in [0.5, 0.6) is 0 Å². The average molecular weight is 364 g/mol. The van der Waals surface area contributed by atoms with Crippen molar-refractivity contribution in [3.05, 3.63) is 64.1 Å². The molecule has 2 rings (SSSR count). The molecule has 0 bridgehead atoms. The van der Waals surface area contributed by atoms with E-state index in [1.165, 1.54) is 5.56 Å². The van der Waals surface area contributed by atoms with Crippen molar-refractivity contribution in [3.63, 3.8) is 0 Å². The molecule has 0 aliphatic carbocycles. The molecular formula is C17H18BrNOS. The summed E-state index contributed by atoms with van der Waals surface area (Å²) in [5, 5.41) is 2.94. The first kappa shape index (κ1) is 16.1.